The smallest absolute Gasteiger partial charge is 0.272 e. The lowest BCUT2D eigenvalue weighted by Gasteiger charge is -2.05. The van der Waals surface area contributed by atoms with Crippen molar-refractivity contribution < 1.29 is 18.0 Å². The van der Waals surface area contributed by atoms with Crippen LogP contribution in [0.3, 0.4) is 0 Å². The Morgan fingerprint density at radius 2 is 1.96 bits per heavy atom. The van der Waals surface area contributed by atoms with E-state index >= 15 is 0 Å². The van der Waals surface area contributed by atoms with E-state index in [0.717, 1.165) is 6.26 Å². The van der Waals surface area contributed by atoms with Crippen LogP contribution < -0.4 is 11.1 Å². The summed E-state index contributed by atoms with van der Waals surface area (Å²) >= 11 is 0. The summed E-state index contributed by atoms with van der Waals surface area (Å²) in [6, 6.07) is 11.5. The zero-order chi connectivity index (χ0) is 18.9. The molecule has 0 aliphatic rings. The second-order valence-corrected chi connectivity index (χ2v) is 7.63. The first-order chi connectivity index (χ1) is 12.3. The minimum atomic E-state index is -3.60. The number of primary amides is 1. The van der Waals surface area contributed by atoms with Gasteiger partial charge in [0.15, 0.2) is 5.69 Å². The second-order valence-electron chi connectivity index (χ2n) is 5.72. The summed E-state index contributed by atoms with van der Waals surface area (Å²) in [6.45, 7) is 0.139. The molecule has 0 saturated heterocycles. The van der Waals surface area contributed by atoms with Gasteiger partial charge in [0.2, 0.25) is 20.9 Å². The summed E-state index contributed by atoms with van der Waals surface area (Å²) in [7, 11) is -3.60. The largest absolute Gasteiger partial charge is 0.366 e. The first-order valence-electron chi connectivity index (χ1n) is 7.61. The number of pyridine rings is 1. The highest BCUT2D eigenvalue weighted by Gasteiger charge is 2.22. The third kappa shape index (κ3) is 3.42. The van der Waals surface area contributed by atoms with Crippen molar-refractivity contribution in [2.45, 2.75) is 11.7 Å². The van der Waals surface area contributed by atoms with E-state index in [1.54, 1.807) is 42.5 Å². The third-order valence-corrected chi connectivity index (χ3v) is 4.68. The van der Waals surface area contributed by atoms with E-state index < -0.39 is 21.7 Å². The van der Waals surface area contributed by atoms with Crippen LogP contribution in [-0.4, -0.2) is 35.9 Å². The standard InChI is InChI=1S/C17H16N4O4S/c1-26(24,25)17-20-14(13-7-2-3-8-21(13)17)16(23)19-10-11-5-4-6-12(9-11)15(18)22/h2-9H,10H2,1H3,(H2,18,22)(H,19,23). The molecule has 0 unspecified atom stereocenters. The number of rotatable bonds is 5. The number of nitrogens with zero attached hydrogens (tertiary/aromatic N) is 2. The quantitative estimate of drug-likeness (QED) is 0.684. The second kappa shape index (κ2) is 6.60. The van der Waals surface area contributed by atoms with Gasteiger partial charge in [0.25, 0.3) is 5.91 Å². The summed E-state index contributed by atoms with van der Waals surface area (Å²) in [5.41, 5.74) is 6.65. The first-order valence-corrected chi connectivity index (χ1v) is 9.50. The Hall–Kier alpha value is -3.20. The molecule has 134 valence electrons. The molecule has 0 saturated carbocycles. The van der Waals surface area contributed by atoms with Crippen molar-refractivity contribution >= 4 is 27.2 Å². The van der Waals surface area contributed by atoms with Gasteiger partial charge in [-0.15, -0.1) is 0 Å². The van der Waals surface area contributed by atoms with E-state index in [1.165, 1.54) is 10.6 Å². The van der Waals surface area contributed by atoms with Crippen molar-refractivity contribution in [1.29, 1.82) is 0 Å². The molecular weight excluding hydrogens is 356 g/mol. The van der Waals surface area contributed by atoms with Crippen LogP contribution in [0.5, 0.6) is 0 Å². The third-order valence-electron chi connectivity index (χ3n) is 3.73. The van der Waals surface area contributed by atoms with Gasteiger partial charge in [-0.2, -0.15) is 0 Å². The lowest BCUT2D eigenvalue weighted by molar-refractivity contribution is 0.0947. The molecule has 1 aromatic carbocycles. The Bertz CT molecular complexity index is 1120. The molecule has 0 aliphatic heterocycles. The summed E-state index contributed by atoms with van der Waals surface area (Å²) < 4.78 is 25.2. The number of fused-ring (bicyclic) bond motifs is 1. The highest BCUT2D eigenvalue weighted by Crippen LogP contribution is 2.17. The molecule has 2 aromatic heterocycles. The molecule has 26 heavy (non-hydrogen) atoms. The molecule has 0 spiro atoms. The van der Waals surface area contributed by atoms with Gasteiger partial charge in [-0.25, -0.2) is 13.4 Å². The van der Waals surface area contributed by atoms with Crippen LogP contribution in [0.15, 0.2) is 53.8 Å². The summed E-state index contributed by atoms with van der Waals surface area (Å²) in [5, 5.41) is 2.48. The van der Waals surface area contributed by atoms with E-state index in [-0.39, 0.29) is 17.4 Å². The van der Waals surface area contributed by atoms with Crippen molar-refractivity contribution in [2.24, 2.45) is 5.73 Å². The number of amides is 2. The zero-order valence-electron chi connectivity index (χ0n) is 13.8. The van der Waals surface area contributed by atoms with Gasteiger partial charge in [-0.3, -0.25) is 14.0 Å². The molecule has 0 atom stereocenters. The summed E-state index contributed by atoms with van der Waals surface area (Å²) in [4.78, 5) is 27.7. The van der Waals surface area contributed by atoms with Crippen molar-refractivity contribution in [3.63, 3.8) is 0 Å². The first kappa shape index (κ1) is 17.6. The molecule has 0 radical (unpaired) electrons. The average Bonchev–Trinajstić information content (AvgIpc) is 3.00. The van der Waals surface area contributed by atoms with E-state index in [9.17, 15) is 18.0 Å². The van der Waals surface area contributed by atoms with E-state index in [0.29, 0.717) is 16.6 Å². The van der Waals surface area contributed by atoms with Crippen molar-refractivity contribution in [3.8, 4) is 0 Å². The molecule has 3 N–H and O–H groups in total. The Labute approximate surface area is 149 Å². The number of benzene rings is 1. The van der Waals surface area contributed by atoms with E-state index in [4.69, 9.17) is 5.73 Å². The van der Waals surface area contributed by atoms with E-state index in [1.807, 2.05) is 0 Å². The number of sulfone groups is 1. The summed E-state index contributed by atoms with van der Waals surface area (Å²) in [5.74, 6) is -1.08. The molecule has 3 aromatic rings. The normalized spacial score (nSPS) is 11.4. The monoisotopic (exact) mass is 372 g/mol. The molecule has 2 heterocycles. The fraction of sp³-hybridized carbons (Fsp3) is 0.118. The molecule has 9 heteroatoms. The average molecular weight is 372 g/mol. The topological polar surface area (TPSA) is 124 Å². The Morgan fingerprint density at radius 1 is 1.19 bits per heavy atom. The van der Waals surface area contributed by atoms with Gasteiger partial charge < -0.3 is 11.1 Å². The van der Waals surface area contributed by atoms with Crippen molar-refractivity contribution in [2.75, 3.05) is 6.26 Å². The van der Waals surface area contributed by atoms with Crippen LogP contribution >= 0.6 is 0 Å². The lowest BCUT2D eigenvalue weighted by Crippen LogP contribution is -2.23. The van der Waals surface area contributed by atoms with Crippen LogP contribution in [0, 0.1) is 0 Å². The maximum Gasteiger partial charge on any atom is 0.272 e. The minimum Gasteiger partial charge on any atom is -0.366 e. The minimum absolute atomic E-state index is 0.0112. The number of carbonyl (C=O) groups excluding carboxylic acids is 2. The highest BCUT2D eigenvalue weighted by molar-refractivity contribution is 7.90. The van der Waals surface area contributed by atoms with Crippen LogP contribution in [0.2, 0.25) is 0 Å². The number of hydrogen-bond acceptors (Lipinski definition) is 5. The number of aromatic nitrogens is 2. The molecule has 0 fully saturated rings. The van der Waals surface area contributed by atoms with Crippen LogP contribution in [0.4, 0.5) is 0 Å². The molecule has 2 amide bonds. The van der Waals surface area contributed by atoms with Gasteiger partial charge in [0.1, 0.15) is 0 Å². The van der Waals surface area contributed by atoms with Gasteiger partial charge in [-0.1, -0.05) is 18.2 Å². The fourth-order valence-corrected chi connectivity index (χ4v) is 3.31. The van der Waals surface area contributed by atoms with Gasteiger partial charge >= 0.3 is 0 Å². The Kier molecular flexibility index (Phi) is 4.47. The Balaban J connectivity index is 1.89. The van der Waals surface area contributed by atoms with E-state index in [2.05, 4.69) is 10.3 Å². The summed E-state index contributed by atoms with van der Waals surface area (Å²) in [6.07, 6.45) is 2.57. The molecule has 3 rings (SSSR count). The predicted molar refractivity (Wildman–Crippen MR) is 94.4 cm³/mol. The van der Waals surface area contributed by atoms with Gasteiger partial charge in [0, 0.05) is 24.6 Å². The molecule has 8 nitrogen and oxygen atoms in total. The fourth-order valence-electron chi connectivity index (χ4n) is 2.54. The number of imidazole rings is 1. The van der Waals surface area contributed by atoms with Gasteiger partial charge in [0.05, 0.1) is 5.52 Å². The lowest BCUT2D eigenvalue weighted by atomic mass is 10.1. The number of hydrogen-bond donors (Lipinski definition) is 2. The van der Waals surface area contributed by atoms with Crippen LogP contribution in [-0.2, 0) is 16.4 Å². The molecular formula is C17H16N4O4S. The maximum atomic E-state index is 12.5. The van der Waals surface area contributed by atoms with Crippen LogP contribution in [0.25, 0.3) is 5.52 Å². The number of nitrogens with two attached hydrogens (primary N) is 1. The number of carbonyl (C=O) groups is 2. The van der Waals surface area contributed by atoms with Gasteiger partial charge in [-0.05, 0) is 29.8 Å². The maximum absolute atomic E-state index is 12.5. The van der Waals surface area contributed by atoms with Crippen LogP contribution in [0.1, 0.15) is 26.4 Å². The zero-order valence-corrected chi connectivity index (χ0v) is 14.7. The molecule has 0 bridgehead atoms. The Morgan fingerprint density at radius 3 is 2.65 bits per heavy atom. The highest BCUT2D eigenvalue weighted by atomic mass is 32.2. The SMILES string of the molecule is CS(=O)(=O)c1nc(C(=O)NCc2cccc(C(N)=O)c2)c2ccccn12. The predicted octanol–water partition coefficient (Wildman–Crippen LogP) is 0.767. The number of nitrogens with one attached hydrogen (secondary N) is 1. The van der Waals surface area contributed by atoms with Crippen molar-refractivity contribution in [1.82, 2.24) is 14.7 Å². The molecule has 0 aliphatic carbocycles. The van der Waals surface area contributed by atoms with Crippen molar-refractivity contribution in [3.05, 3.63) is 65.5 Å².